The summed E-state index contributed by atoms with van der Waals surface area (Å²) in [5.74, 6) is 0. The van der Waals surface area contributed by atoms with Crippen molar-refractivity contribution in [3.8, 4) is 0 Å². The minimum atomic E-state index is 0.718. The highest BCUT2D eigenvalue weighted by Crippen LogP contribution is 2.08. The monoisotopic (exact) mass is 209 g/mol. The second-order valence-corrected chi connectivity index (χ2v) is 3.70. The molecule has 0 bridgehead atoms. The number of aromatic nitrogens is 3. The number of rotatable bonds is 2. The molecule has 3 nitrogen and oxygen atoms in total. The molecular formula is C13H11N3. The van der Waals surface area contributed by atoms with E-state index in [0.717, 1.165) is 17.6 Å². The van der Waals surface area contributed by atoms with E-state index in [9.17, 15) is 0 Å². The molecule has 1 aromatic heterocycles. The van der Waals surface area contributed by atoms with Crippen LogP contribution in [0.1, 0.15) is 5.56 Å². The highest BCUT2D eigenvalue weighted by Gasteiger charge is 2.01. The zero-order valence-electron chi connectivity index (χ0n) is 8.74. The van der Waals surface area contributed by atoms with Gasteiger partial charge < -0.3 is 0 Å². The molecule has 3 aromatic rings. The summed E-state index contributed by atoms with van der Waals surface area (Å²) in [6.07, 6.45) is 0. The standard InChI is InChI=1S/C13H11N3/c1-2-6-11(7-3-1)10-16-14-12-8-4-5-9-13(12)15-16/h1-9H,10H2. The molecule has 0 aliphatic carbocycles. The summed E-state index contributed by atoms with van der Waals surface area (Å²) in [4.78, 5) is 1.74. The molecule has 0 saturated carbocycles. The Morgan fingerprint density at radius 2 is 1.31 bits per heavy atom. The van der Waals surface area contributed by atoms with Gasteiger partial charge in [0.1, 0.15) is 11.0 Å². The van der Waals surface area contributed by atoms with Gasteiger partial charge in [0.05, 0.1) is 6.54 Å². The van der Waals surface area contributed by atoms with E-state index in [1.165, 1.54) is 5.56 Å². The summed E-state index contributed by atoms with van der Waals surface area (Å²) in [6.45, 7) is 0.718. The van der Waals surface area contributed by atoms with Crippen LogP contribution in [0.15, 0.2) is 54.6 Å². The second kappa shape index (κ2) is 3.77. The van der Waals surface area contributed by atoms with Crippen LogP contribution in [0.3, 0.4) is 0 Å². The fraction of sp³-hybridized carbons (Fsp3) is 0.0769. The van der Waals surface area contributed by atoms with Gasteiger partial charge in [-0.2, -0.15) is 15.0 Å². The summed E-state index contributed by atoms with van der Waals surface area (Å²) < 4.78 is 0. The maximum absolute atomic E-state index is 4.41. The zero-order valence-corrected chi connectivity index (χ0v) is 8.74. The summed E-state index contributed by atoms with van der Waals surface area (Å²) in [6, 6.07) is 18.1. The molecule has 0 saturated heterocycles. The maximum atomic E-state index is 4.41. The lowest BCUT2D eigenvalue weighted by molar-refractivity contribution is 0.600. The van der Waals surface area contributed by atoms with E-state index < -0.39 is 0 Å². The molecular weight excluding hydrogens is 198 g/mol. The molecule has 0 unspecified atom stereocenters. The first-order valence-corrected chi connectivity index (χ1v) is 5.26. The van der Waals surface area contributed by atoms with Crippen molar-refractivity contribution in [1.29, 1.82) is 0 Å². The maximum Gasteiger partial charge on any atom is 0.113 e. The Morgan fingerprint density at radius 3 is 1.94 bits per heavy atom. The predicted octanol–water partition coefficient (Wildman–Crippen LogP) is 2.48. The smallest absolute Gasteiger partial charge is 0.113 e. The third kappa shape index (κ3) is 1.67. The molecule has 0 spiro atoms. The number of fused-ring (bicyclic) bond motifs is 1. The first kappa shape index (κ1) is 9.09. The van der Waals surface area contributed by atoms with Gasteiger partial charge in [-0.1, -0.05) is 42.5 Å². The zero-order chi connectivity index (χ0) is 10.8. The predicted molar refractivity (Wildman–Crippen MR) is 63.1 cm³/mol. The van der Waals surface area contributed by atoms with Crippen LogP contribution in [-0.2, 0) is 6.54 Å². The molecule has 0 radical (unpaired) electrons. The van der Waals surface area contributed by atoms with Gasteiger partial charge in [-0.15, -0.1) is 0 Å². The van der Waals surface area contributed by atoms with E-state index in [-0.39, 0.29) is 0 Å². The molecule has 0 N–H and O–H groups in total. The molecule has 0 atom stereocenters. The van der Waals surface area contributed by atoms with E-state index >= 15 is 0 Å². The molecule has 0 aliphatic heterocycles. The summed E-state index contributed by atoms with van der Waals surface area (Å²) in [7, 11) is 0. The van der Waals surface area contributed by atoms with Gasteiger partial charge in [-0.05, 0) is 17.7 Å². The van der Waals surface area contributed by atoms with Crippen LogP contribution in [0.5, 0.6) is 0 Å². The molecule has 0 aliphatic rings. The van der Waals surface area contributed by atoms with Crippen molar-refractivity contribution in [1.82, 2.24) is 15.0 Å². The highest BCUT2D eigenvalue weighted by atomic mass is 15.5. The topological polar surface area (TPSA) is 30.7 Å². The fourth-order valence-corrected chi connectivity index (χ4v) is 1.72. The van der Waals surface area contributed by atoms with Crippen LogP contribution in [0.4, 0.5) is 0 Å². The lowest BCUT2D eigenvalue weighted by atomic mass is 10.2. The molecule has 3 heteroatoms. The number of nitrogens with zero attached hydrogens (tertiary/aromatic N) is 3. The Kier molecular flexibility index (Phi) is 2.14. The van der Waals surface area contributed by atoms with Crippen LogP contribution >= 0.6 is 0 Å². The molecule has 0 amide bonds. The van der Waals surface area contributed by atoms with E-state index in [1.54, 1.807) is 4.80 Å². The van der Waals surface area contributed by atoms with Crippen molar-refractivity contribution in [2.45, 2.75) is 6.54 Å². The van der Waals surface area contributed by atoms with Gasteiger partial charge in [-0.3, -0.25) is 0 Å². The Balaban J connectivity index is 1.95. The van der Waals surface area contributed by atoms with Crippen molar-refractivity contribution in [3.05, 3.63) is 60.2 Å². The largest absolute Gasteiger partial charge is 0.179 e. The molecule has 2 aromatic carbocycles. The summed E-state index contributed by atoms with van der Waals surface area (Å²) in [5, 5.41) is 8.83. The molecule has 0 fully saturated rings. The van der Waals surface area contributed by atoms with Gasteiger partial charge >= 0.3 is 0 Å². The SMILES string of the molecule is c1ccc(Cn2nc3ccccc3n2)cc1. The Hall–Kier alpha value is -2.16. The van der Waals surface area contributed by atoms with Gasteiger partial charge in [-0.25, -0.2) is 0 Å². The Morgan fingerprint density at radius 1 is 0.750 bits per heavy atom. The van der Waals surface area contributed by atoms with Gasteiger partial charge in [0.2, 0.25) is 0 Å². The summed E-state index contributed by atoms with van der Waals surface area (Å²) >= 11 is 0. The lowest BCUT2D eigenvalue weighted by Crippen LogP contribution is -2.03. The molecule has 16 heavy (non-hydrogen) atoms. The van der Waals surface area contributed by atoms with Gasteiger partial charge in [0, 0.05) is 0 Å². The Labute approximate surface area is 93.3 Å². The first-order chi connectivity index (χ1) is 7.92. The van der Waals surface area contributed by atoms with Crippen molar-refractivity contribution in [2.24, 2.45) is 0 Å². The number of hydrogen-bond acceptors (Lipinski definition) is 2. The lowest BCUT2D eigenvalue weighted by Gasteiger charge is -1.98. The average Bonchev–Trinajstić information content (AvgIpc) is 2.72. The average molecular weight is 209 g/mol. The van der Waals surface area contributed by atoms with Crippen LogP contribution in [0, 0.1) is 0 Å². The van der Waals surface area contributed by atoms with E-state index in [0.29, 0.717) is 0 Å². The summed E-state index contributed by atoms with van der Waals surface area (Å²) in [5.41, 5.74) is 3.10. The number of benzene rings is 2. The van der Waals surface area contributed by atoms with Crippen molar-refractivity contribution >= 4 is 11.0 Å². The minimum Gasteiger partial charge on any atom is -0.179 e. The fourth-order valence-electron chi connectivity index (χ4n) is 1.72. The van der Waals surface area contributed by atoms with Crippen molar-refractivity contribution in [3.63, 3.8) is 0 Å². The Bertz CT molecular complexity index is 566. The molecule has 3 rings (SSSR count). The molecule has 78 valence electrons. The van der Waals surface area contributed by atoms with Crippen LogP contribution < -0.4 is 0 Å². The van der Waals surface area contributed by atoms with E-state index in [2.05, 4.69) is 22.3 Å². The molecule has 1 heterocycles. The second-order valence-electron chi connectivity index (χ2n) is 3.70. The van der Waals surface area contributed by atoms with Crippen molar-refractivity contribution in [2.75, 3.05) is 0 Å². The van der Waals surface area contributed by atoms with Crippen LogP contribution in [-0.4, -0.2) is 15.0 Å². The number of hydrogen-bond donors (Lipinski definition) is 0. The third-order valence-electron chi connectivity index (χ3n) is 2.49. The normalized spacial score (nSPS) is 10.8. The third-order valence-corrected chi connectivity index (χ3v) is 2.49. The van der Waals surface area contributed by atoms with Gasteiger partial charge in [0.25, 0.3) is 0 Å². The van der Waals surface area contributed by atoms with E-state index in [1.807, 2.05) is 42.5 Å². The quantitative estimate of drug-likeness (QED) is 0.649. The van der Waals surface area contributed by atoms with Crippen molar-refractivity contribution < 1.29 is 0 Å². The van der Waals surface area contributed by atoms with Crippen LogP contribution in [0.25, 0.3) is 11.0 Å². The first-order valence-electron chi connectivity index (χ1n) is 5.26. The minimum absolute atomic E-state index is 0.718. The van der Waals surface area contributed by atoms with Crippen LogP contribution in [0.2, 0.25) is 0 Å². The van der Waals surface area contributed by atoms with Gasteiger partial charge in [0.15, 0.2) is 0 Å². The van der Waals surface area contributed by atoms with E-state index in [4.69, 9.17) is 0 Å². The highest BCUT2D eigenvalue weighted by molar-refractivity contribution is 5.72.